The number of alkyl halides is 3. The van der Waals surface area contributed by atoms with Crippen molar-refractivity contribution in [1.29, 1.82) is 0 Å². The quantitative estimate of drug-likeness (QED) is 0.844. The molecule has 6 heteroatoms. The number of amides is 1. The number of nitrogens with zero attached hydrogens (tertiary/aromatic N) is 1. The topological polar surface area (TPSA) is 46.3 Å². The van der Waals surface area contributed by atoms with Gasteiger partial charge in [-0.05, 0) is 24.6 Å². The normalized spacial score (nSPS) is 10.7. The maximum Gasteiger partial charge on any atom is 0.406 e. The van der Waals surface area contributed by atoms with E-state index < -0.39 is 18.6 Å². The third kappa shape index (κ3) is 4.28. The molecule has 2 N–H and O–H groups in total. The Morgan fingerprint density at radius 3 is 2.60 bits per heavy atom. The Hall–Kier alpha value is -2.00. The van der Waals surface area contributed by atoms with E-state index in [4.69, 9.17) is 5.73 Å². The van der Waals surface area contributed by atoms with E-state index in [2.05, 4.69) is 11.8 Å². The van der Waals surface area contributed by atoms with Gasteiger partial charge < -0.3 is 10.6 Å². The van der Waals surface area contributed by atoms with Crippen LogP contribution in [0.5, 0.6) is 0 Å². The minimum Gasteiger partial charge on any atom is -0.333 e. The average Bonchev–Trinajstić information content (AvgIpc) is 2.34. The molecule has 0 atom stereocenters. The van der Waals surface area contributed by atoms with Gasteiger partial charge in [0.05, 0.1) is 6.54 Å². The monoisotopic (exact) mass is 284 g/mol. The highest BCUT2D eigenvalue weighted by molar-refractivity contribution is 5.96. The van der Waals surface area contributed by atoms with Crippen molar-refractivity contribution >= 4 is 5.91 Å². The van der Waals surface area contributed by atoms with Crippen LogP contribution in [0, 0.1) is 18.8 Å². The van der Waals surface area contributed by atoms with E-state index in [-0.39, 0.29) is 12.1 Å². The van der Waals surface area contributed by atoms with Crippen molar-refractivity contribution in [2.75, 3.05) is 20.1 Å². The van der Waals surface area contributed by atoms with Gasteiger partial charge in [-0.3, -0.25) is 4.79 Å². The molecule has 1 aromatic rings. The summed E-state index contributed by atoms with van der Waals surface area (Å²) in [6.45, 7) is 0.533. The van der Waals surface area contributed by atoms with E-state index in [0.29, 0.717) is 16.0 Å². The first kappa shape index (κ1) is 16.1. The fourth-order valence-electron chi connectivity index (χ4n) is 1.70. The van der Waals surface area contributed by atoms with Gasteiger partial charge in [0.25, 0.3) is 5.91 Å². The first-order chi connectivity index (χ1) is 9.26. The summed E-state index contributed by atoms with van der Waals surface area (Å²) in [5.41, 5.74) is 6.61. The molecule has 0 aromatic heterocycles. The smallest absolute Gasteiger partial charge is 0.333 e. The fourth-order valence-corrected chi connectivity index (χ4v) is 1.70. The molecule has 0 heterocycles. The number of hydrogen-bond acceptors (Lipinski definition) is 2. The molecule has 20 heavy (non-hydrogen) atoms. The van der Waals surface area contributed by atoms with Gasteiger partial charge in [0.1, 0.15) is 6.54 Å². The molecule has 3 nitrogen and oxygen atoms in total. The largest absolute Gasteiger partial charge is 0.406 e. The highest BCUT2D eigenvalue weighted by atomic mass is 19.4. The van der Waals surface area contributed by atoms with Gasteiger partial charge >= 0.3 is 6.18 Å². The Balaban J connectivity index is 3.05. The first-order valence-corrected chi connectivity index (χ1v) is 5.87. The Morgan fingerprint density at radius 1 is 1.40 bits per heavy atom. The number of rotatable bonds is 2. The third-order valence-corrected chi connectivity index (χ3v) is 2.65. The van der Waals surface area contributed by atoms with Crippen molar-refractivity contribution in [2.45, 2.75) is 13.1 Å². The summed E-state index contributed by atoms with van der Waals surface area (Å²) in [6, 6.07) is 4.76. The highest BCUT2D eigenvalue weighted by Crippen LogP contribution is 2.19. The Kier molecular flexibility index (Phi) is 5.17. The SMILES string of the molecule is Cc1c(C#CCN)cccc1C(=O)N(C)CC(F)(F)F. The summed E-state index contributed by atoms with van der Waals surface area (Å²) in [6.07, 6.45) is -4.42. The summed E-state index contributed by atoms with van der Waals surface area (Å²) in [7, 11) is 1.12. The van der Waals surface area contributed by atoms with Crippen molar-refractivity contribution in [3.8, 4) is 11.8 Å². The van der Waals surface area contributed by atoms with Gasteiger partial charge in [0, 0.05) is 18.2 Å². The maximum atomic E-state index is 12.3. The van der Waals surface area contributed by atoms with Crippen LogP contribution in [-0.4, -0.2) is 37.1 Å². The zero-order valence-electron chi connectivity index (χ0n) is 11.2. The van der Waals surface area contributed by atoms with Crippen LogP contribution in [0.2, 0.25) is 0 Å². The van der Waals surface area contributed by atoms with E-state index in [1.54, 1.807) is 19.1 Å². The predicted molar refractivity (Wildman–Crippen MR) is 70.1 cm³/mol. The van der Waals surface area contributed by atoms with Crippen molar-refractivity contribution in [3.63, 3.8) is 0 Å². The Bertz CT molecular complexity index is 556. The minimum absolute atomic E-state index is 0.172. The third-order valence-electron chi connectivity index (χ3n) is 2.65. The van der Waals surface area contributed by atoms with Crippen LogP contribution in [-0.2, 0) is 0 Å². The standard InChI is InChI=1S/C14H15F3N2O/c1-10-11(6-4-8-18)5-3-7-12(10)13(20)19(2)9-14(15,16)17/h3,5,7H,8-9,18H2,1-2H3. The number of carbonyl (C=O) groups is 1. The molecule has 108 valence electrons. The van der Waals surface area contributed by atoms with Crippen molar-refractivity contribution in [1.82, 2.24) is 4.90 Å². The van der Waals surface area contributed by atoms with Crippen LogP contribution in [0.4, 0.5) is 13.2 Å². The van der Waals surface area contributed by atoms with E-state index >= 15 is 0 Å². The van der Waals surface area contributed by atoms with Gasteiger partial charge in [-0.2, -0.15) is 13.2 Å². The van der Waals surface area contributed by atoms with Crippen molar-refractivity contribution in [2.24, 2.45) is 5.73 Å². The molecule has 0 aliphatic rings. The molecule has 0 saturated heterocycles. The molecule has 0 bridgehead atoms. The minimum atomic E-state index is -4.42. The second-order valence-electron chi connectivity index (χ2n) is 4.26. The van der Waals surface area contributed by atoms with Crippen molar-refractivity contribution < 1.29 is 18.0 Å². The number of hydrogen-bond donors (Lipinski definition) is 1. The fraction of sp³-hybridized carbons (Fsp3) is 0.357. The summed E-state index contributed by atoms with van der Waals surface area (Å²) < 4.78 is 36.9. The van der Waals surface area contributed by atoms with Crippen LogP contribution in [0.1, 0.15) is 21.5 Å². The Morgan fingerprint density at radius 2 is 2.05 bits per heavy atom. The average molecular weight is 284 g/mol. The molecular formula is C14H15F3N2O. The second-order valence-corrected chi connectivity index (χ2v) is 4.26. The second kappa shape index (κ2) is 6.44. The molecule has 0 fully saturated rings. The van der Waals surface area contributed by atoms with E-state index in [0.717, 1.165) is 7.05 Å². The maximum absolute atomic E-state index is 12.3. The molecular weight excluding hydrogens is 269 g/mol. The number of nitrogens with two attached hydrogens (primary N) is 1. The summed E-state index contributed by atoms with van der Waals surface area (Å²) >= 11 is 0. The molecule has 0 saturated carbocycles. The summed E-state index contributed by atoms with van der Waals surface area (Å²) in [5, 5.41) is 0. The zero-order valence-corrected chi connectivity index (χ0v) is 11.2. The van der Waals surface area contributed by atoms with Gasteiger partial charge in [-0.25, -0.2) is 0 Å². The van der Waals surface area contributed by atoms with E-state index in [9.17, 15) is 18.0 Å². The van der Waals surface area contributed by atoms with Crippen LogP contribution in [0.15, 0.2) is 18.2 Å². The summed E-state index contributed by atoms with van der Waals surface area (Å²) in [5.74, 6) is 4.75. The van der Waals surface area contributed by atoms with Gasteiger partial charge in [-0.1, -0.05) is 17.9 Å². The molecule has 1 amide bonds. The number of carbonyl (C=O) groups excluding carboxylic acids is 1. The summed E-state index contributed by atoms with van der Waals surface area (Å²) in [4.78, 5) is 12.7. The van der Waals surface area contributed by atoms with Crippen molar-refractivity contribution in [3.05, 3.63) is 34.9 Å². The van der Waals surface area contributed by atoms with Crippen LogP contribution in [0.3, 0.4) is 0 Å². The van der Waals surface area contributed by atoms with E-state index in [1.807, 2.05) is 0 Å². The first-order valence-electron chi connectivity index (χ1n) is 5.87. The Labute approximate surface area is 115 Å². The lowest BCUT2D eigenvalue weighted by atomic mass is 10.0. The lowest BCUT2D eigenvalue weighted by molar-refractivity contribution is -0.138. The molecule has 0 unspecified atom stereocenters. The molecule has 0 spiro atoms. The van der Waals surface area contributed by atoms with Gasteiger partial charge in [-0.15, -0.1) is 0 Å². The number of halogens is 3. The molecule has 0 radical (unpaired) electrons. The van der Waals surface area contributed by atoms with Crippen LogP contribution < -0.4 is 5.73 Å². The highest BCUT2D eigenvalue weighted by Gasteiger charge is 2.31. The lowest BCUT2D eigenvalue weighted by Gasteiger charge is -2.20. The van der Waals surface area contributed by atoms with E-state index in [1.165, 1.54) is 6.07 Å². The van der Waals surface area contributed by atoms with Crippen LogP contribution >= 0.6 is 0 Å². The molecule has 0 aliphatic carbocycles. The number of benzene rings is 1. The molecule has 1 aromatic carbocycles. The predicted octanol–water partition coefficient (Wildman–Crippen LogP) is 1.94. The molecule has 1 rings (SSSR count). The van der Waals surface area contributed by atoms with Gasteiger partial charge in [0.2, 0.25) is 0 Å². The van der Waals surface area contributed by atoms with Gasteiger partial charge in [0.15, 0.2) is 0 Å². The zero-order chi connectivity index (χ0) is 15.3. The lowest BCUT2D eigenvalue weighted by Crippen LogP contribution is -2.36. The molecule has 0 aliphatic heterocycles. The van der Waals surface area contributed by atoms with Crippen LogP contribution in [0.25, 0.3) is 0 Å².